The van der Waals surface area contributed by atoms with Gasteiger partial charge in [0.15, 0.2) is 20.7 Å². The average Bonchev–Trinajstić information content (AvgIpc) is 3.70. The van der Waals surface area contributed by atoms with E-state index in [9.17, 15) is 8.42 Å². The zero-order valence-corrected chi connectivity index (χ0v) is 25.6. The van der Waals surface area contributed by atoms with Crippen LogP contribution in [0.25, 0.3) is 0 Å². The smallest absolute Gasteiger partial charge is 0.229 e. The maximum atomic E-state index is 12.7. The van der Waals surface area contributed by atoms with Crippen molar-refractivity contribution in [1.82, 2.24) is 15.3 Å². The first-order valence-electron chi connectivity index (χ1n) is 13.6. The molecule has 2 aliphatic rings. The number of anilines is 3. The highest BCUT2D eigenvalue weighted by molar-refractivity contribution is 7.95. The molecule has 1 aliphatic heterocycles. The Bertz CT molecular complexity index is 1420. The van der Waals surface area contributed by atoms with E-state index >= 15 is 0 Å². The van der Waals surface area contributed by atoms with Gasteiger partial charge in [-0.2, -0.15) is 4.98 Å². The van der Waals surface area contributed by atoms with Crippen molar-refractivity contribution in [3.63, 3.8) is 0 Å². The Hall–Kier alpha value is -2.89. The third kappa shape index (κ3) is 7.05. The highest BCUT2D eigenvalue weighted by Crippen LogP contribution is 2.41. The number of allylic oxidation sites excluding steroid dienone is 1. The molecule has 1 unspecified atom stereocenters. The van der Waals surface area contributed by atoms with Crippen LogP contribution in [-0.2, 0) is 9.84 Å². The van der Waals surface area contributed by atoms with E-state index in [4.69, 9.17) is 22.1 Å². The molecule has 1 saturated heterocycles. The molecule has 1 atom stereocenters. The third-order valence-electron chi connectivity index (χ3n) is 7.17. The fraction of sp³-hybridized carbons (Fsp3) is 0.536. The molecule has 0 spiro atoms. The van der Waals surface area contributed by atoms with Gasteiger partial charge in [0, 0.05) is 18.8 Å². The molecule has 2 fully saturated rings. The number of ether oxygens (including phenoxy) is 1. The van der Waals surface area contributed by atoms with Crippen LogP contribution < -0.4 is 26.4 Å². The predicted molar refractivity (Wildman–Crippen MR) is 163 cm³/mol. The van der Waals surface area contributed by atoms with E-state index in [1.807, 2.05) is 0 Å². The van der Waals surface area contributed by atoms with Crippen molar-refractivity contribution in [3.05, 3.63) is 45.2 Å². The summed E-state index contributed by atoms with van der Waals surface area (Å²) in [7, 11) is -2.23. The number of rotatable bonds is 10. The molecule has 2 aromatic rings. The minimum atomic E-state index is -3.75. The van der Waals surface area contributed by atoms with Crippen LogP contribution in [0.15, 0.2) is 34.0 Å². The molecule has 2 heterocycles. The summed E-state index contributed by atoms with van der Waals surface area (Å²) in [5, 5.41) is 8.96. The first kappa shape index (κ1) is 30.1. The van der Waals surface area contributed by atoms with Gasteiger partial charge in [-0.15, -0.1) is 0 Å². The zero-order chi connectivity index (χ0) is 29.2. The SMILES string of the molecule is CN=CC(Nc1nc(Nc2cc(C)c(C3CCNC(C)(C)C3)cc2OC2CC2)ncc1Cl)=C(N)S(=O)(=O)C(C)C. The maximum Gasteiger partial charge on any atom is 0.229 e. The van der Waals surface area contributed by atoms with Crippen LogP contribution in [0.1, 0.15) is 70.4 Å². The lowest BCUT2D eigenvalue weighted by atomic mass is 9.79. The number of nitrogens with zero attached hydrogens (tertiary/aromatic N) is 3. The van der Waals surface area contributed by atoms with Gasteiger partial charge in [0.05, 0.1) is 28.9 Å². The molecule has 1 aliphatic carbocycles. The van der Waals surface area contributed by atoms with Crippen molar-refractivity contribution in [2.24, 2.45) is 10.7 Å². The van der Waals surface area contributed by atoms with Gasteiger partial charge in [0.2, 0.25) is 5.95 Å². The standard InChI is InChI=1S/C28H40ClN7O3S/c1-16(2)40(37,38)25(30)23(15-31-6)34-26-21(29)14-32-27(36-26)35-22-11-17(3)20(12-24(22)39-19-7-8-19)18-9-10-33-28(4,5)13-18/h11-12,14-16,18-19,33H,7-10,13,30H2,1-6H3,(H2,32,34,35,36). The number of aromatic nitrogens is 2. The van der Waals surface area contributed by atoms with E-state index in [-0.39, 0.29) is 39.2 Å². The molecule has 1 aromatic carbocycles. The van der Waals surface area contributed by atoms with Crippen LogP contribution >= 0.6 is 11.6 Å². The summed E-state index contributed by atoms with van der Waals surface area (Å²) in [6, 6.07) is 4.24. The Labute approximate surface area is 242 Å². The Morgan fingerprint density at radius 2 is 2.02 bits per heavy atom. The van der Waals surface area contributed by atoms with Crippen molar-refractivity contribution in [2.45, 2.75) is 83.1 Å². The summed E-state index contributed by atoms with van der Waals surface area (Å²) in [4.78, 5) is 12.8. The first-order valence-corrected chi connectivity index (χ1v) is 15.5. The summed E-state index contributed by atoms with van der Waals surface area (Å²) in [5.74, 6) is 1.65. The van der Waals surface area contributed by atoms with Gasteiger partial charge in [-0.25, -0.2) is 13.4 Å². The first-order chi connectivity index (χ1) is 18.8. The Balaban J connectivity index is 1.66. The molecule has 10 nitrogen and oxygen atoms in total. The Kier molecular flexibility index (Phi) is 8.96. The van der Waals surface area contributed by atoms with E-state index in [2.05, 4.69) is 63.8 Å². The molecule has 0 bridgehead atoms. The van der Waals surface area contributed by atoms with Crippen LogP contribution in [0.5, 0.6) is 5.75 Å². The summed E-state index contributed by atoms with van der Waals surface area (Å²) >= 11 is 6.39. The van der Waals surface area contributed by atoms with Crippen molar-refractivity contribution >= 4 is 45.1 Å². The summed E-state index contributed by atoms with van der Waals surface area (Å²) in [6.45, 7) is 10.7. The van der Waals surface area contributed by atoms with E-state index in [1.165, 1.54) is 25.0 Å². The maximum absolute atomic E-state index is 12.7. The van der Waals surface area contributed by atoms with Crippen LogP contribution in [0, 0.1) is 6.92 Å². The largest absolute Gasteiger partial charge is 0.488 e. The topological polar surface area (TPSA) is 144 Å². The fourth-order valence-corrected chi connectivity index (χ4v) is 5.86. The van der Waals surface area contributed by atoms with Gasteiger partial charge in [-0.3, -0.25) is 4.99 Å². The van der Waals surface area contributed by atoms with Gasteiger partial charge in [0.1, 0.15) is 10.8 Å². The molecule has 4 rings (SSSR count). The molecule has 12 heteroatoms. The van der Waals surface area contributed by atoms with E-state index < -0.39 is 15.1 Å². The second kappa shape index (κ2) is 11.9. The Morgan fingerprint density at radius 1 is 1.30 bits per heavy atom. The zero-order valence-electron chi connectivity index (χ0n) is 24.0. The number of sulfone groups is 1. The lowest BCUT2D eigenvalue weighted by Gasteiger charge is -2.37. The lowest BCUT2D eigenvalue weighted by Crippen LogP contribution is -2.45. The second-order valence-corrected chi connectivity index (χ2v) is 14.3. The number of aryl methyl sites for hydroxylation is 1. The number of halogens is 1. The van der Waals surface area contributed by atoms with Crippen molar-refractivity contribution in [3.8, 4) is 5.75 Å². The average molecular weight is 590 g/mol. The molecule has 0 amide bonds. The van der Waals surface area contributed by atoms with Crippen molar-refractivity contribution in [2.75, 3.05) is 24.2 Å². The number of hydrogen-bond acceptors (Lipinski definition) is 10. The van der Waals surface area contributed by atoms with Gasteiger partial charge in [-0.1, -0.05) is 11.6 Å². The highest BCUT2D eigenvalue weighted by Gasteiger charge is 2.31. The lowest BCUT2D eigenvalue weighted by molar-refractivity contribution is 0.273. The normalized spacial score (nSPS) is 19.9. The van der Waals surface area contributed by atoms with Gasteiger partial charge >= 0.3 is 0 Å². The van der Waals surface area contributed by atoms with Crippen LogP contribution in [0.4, 0.5) is 17.5 Å². The number of hydrogen-bond donors (Lipinski definition) is 4. The van der Waals surface area contributed by atoms with Crippen molar-refractivity contribution < 1.29 is 13.2 Å². The molecule has 1 aromatic heterocycles. The quantitative estimate of drug-likeness (QED) is 0.280. The molecule has 5 N–H and O–H groups in total. The van der Waals surface area contributed by atoms with Crippen LogP contribution in [0.2, 0.25) is 5.02 Å². The van der Waals surface area contributed by atoms with Gasteiger partial charge in [-0.05, 0) is 96.0 Å². The summed E-state index contributed by atoms with van der Waals surface area (Å²) in [6.07, 6.45) is 7.15. The number of nitrogens with one attached hydrogen (secondary N) is 3. The van der Waals surface area contributed by atoms with Gasteiger partial charge < -0.3 is 26.4 Å². The Morgan fingerprint density at radius 3 is 2.65 bits per heavy atom. The molecule has 1 saturated carbocycles. The molecule has 40 heavy (non-hydrogen) atoms. The predicted octanol–water partition coefficient (Wildman–Crippen LogP) is 5.03. The van der Waals surface area contributed by atoms with E-state index in [0.29, 0.717) is 5.92 Å². The number of aliphatic imine (C=N–C) groups is 1. The number of benzene rings is 1. The highest BCUT2D eigenvalue weighted by atomic mass is 35.5. The number of nitrogens with two attached hydrogens (primary N) is 1. The van der Waals surface area contributed by atoms with Crippen LogP contribution in [-0.4, -0.2) is 55.1 Å². The number of piperidine rings is 1. The molecular formula is C28H40ClN7O3S. The summed E-state index contributed by atoms with van der Waals surface area (Å²) < 4.78 is 31.7. The monoisotopic (exact) mass is 589 g/mol. The molecular weight excluding hydrogens is 550 g/mol. The fourth-order valence-electron chi connectivity index (χ4n) is 4.80. The van der Waals surface area contributed by atoms with Gasteiger partial charge in [0.25, 0.3) is 0 Å². The van der Waals surface area contributed by atoms with Crippen LogP contribution in [0.3, 0.4) is 0 Å². The molecule has 0 radical (unpaired) electrons. The minimum Gasteiger partial charge on any atom is -0.488 e. The van der Waals surface area contributed by atoms with E-state index in [1.54, 1.807) is 13.8 Å². The second-order valence-electron chi connectivity index (χ2n) is 11.4. The minimum absolute atomic E-state index is 0.0746. The van der Waals surface area contributed by atoms with E-state index in [0.717, 1.165) is 49.2 Å². The third-order valence-corrected chi connectivity index (χ3v) is 9.52. The molecule has 218 valence electrons. The summed E-state index contributed by atoms with van der Waals surface area (Å²) in [5.41, 5.74) is 9.41. The van der Waals surface area contributed by atoms with Crippen molar-refractivity contribution in [1.29, 1.82) is 0 Å².